The number of nitrogens with one attached hydrogen (secondary N) is 1. The van der Waals surface area contributed by atoms with Crippen LogP contribution in [0, 0.1) is 5.82 Å². The third-order valence-electron chi connectivity index (χ3n) is 2.50. The summed E-state index contributed by atoms with van der Waals surface area (Å²) in [5.41, 5.74) is 1.33. The number of nitrogens with zero attached hydrogens (tertiary/aromatic N) is 1. The van der Waals surface area contributed by atoms with Gasteiger partial charge in [-0.15, -0.1) is 0 Å². The maximum Gasteiger partial charge on any atom is 0.227 e. The van der Waals surface area contributed by atoms with Gasteiger partial charge in [0.2, 0.25) is 5.89 Å². The van der Waals surface area contributed by atoms with E-state index in [4.69, 9.17) is 20.8 Å². The fraction of sp³-hybridized carbons (Fsp3) is 0.308. The van der Waals surface area contributed by atoms with Crippen LogP contribution in [0.15, 0.2) is 28.9 Å². The van der Waals surface area contributed by atoms with Crippen LogP contribution >= 0.6 is 11.6 Å². The van der Waals surface area contributed by atoms with Crippen molar-refractivity contribution in [2.75, 3.05) is 20.3 Å². The lowest BCUT2D eigenvalue weighted by molar-refractivity contribution is 0.199. The number of aromatic nitrogens is 1. The number of rotatable bonds is 6. The predicted octanol–water partition coefficient (Wildman–Crippen LogP) is 2.87. The van der Waals surface area contributed by atoms with Crippen molar-refractivity contribution in [1.29, 1.82) is 0 Å². The number of methoxy groups -OCH3 is 1. The van der Waals surface area contributed by atoms with Gasteiger partial charge in [0.15, 0.2) is 0 Å². The minimum atomic E-state index is -0.387. The molecule has 2 rings (SSSR count). The molecule has 102 valence electrons. The van der Waals surface area contributed by atoms with Crippen molar-refractivity contribution in [1.82, 2.24) is 10.3 Å². The molecule has 1 heterocycles. The van der Waals surface area contributed by atoms with Gasteiger partial charge >= 0.3 is 0 Å². The van der Waals surface area contributed by atoms with Crippen molar-refractivity contribution in [3.05, 3.63) is 41.0 Å². The fourth-order valence-corrected chi connectivity index (χ4v) is 1.81. The van der Waals surface area contributed by atoms with E-state index in [-0.39, 0.29) is 10.8 Å². The van der Waals surface area contributed by atoms with Crippen LogP contribution in [0.2, 0.25) is 5.02 Å². The van der Waals surface area contributed by atoms with E-state index in [1.165, 1.54) is 12.1 Å². The highest BCUT2D eigenvalue weighted by Gasteiger charge is 2.11. The SMILES string of the molecule is COCCNCc1coc(-c2ccc(F)cc2Cl)n1. The van der Waals surface area contributed by atoms with Crippen molar-refractivity contribution in [3.8, 4) is 11.5 Å². The first-order valence-electron chi connectivity index (χ1n) is 5.80. The second kappa shape index (κ2) is 6.65. The standard InChI is InChI=1S/C13H14ClFN2O2/c1-18-5-4-16-7-10-8-19-13(17-10)11-3-2-9(15)6-12(11)14/h2-3,6,8,16H,4-5,7H2,1H3. The zero-order valence-corrected chi connectivity index (χ0v) is 11.2. The zero-order valence-electron chi connectivity index (χ0n) is 10.5. The van der Waals surface area contributed by atoms with Crippen LogP contribution in [0.3, 0.4) is 0 Å². The van der Waals surface area contributed by atoms with Gasteiger partial charge in [-0.25, -0.2) is 9.37 Å². The van der Waals surface area contributed by atoms with E-state index in [1.807, 2.05) is 0 Å². The molecule has 2 aromatic rings. The minimum Gasteiger partial charge on any atom is -0.444 e. The van der Waals surface area contributed by atoms with Crippen LogP contribution in [-0.4, -0.2) is 25.2 Å². The molecule has 1 N–H and O–H groups in total. The van der Waals surface area contributed by atoms with Gasteiger partial charge < -0.3 is 14.5 Å². The zero-order chi connectivity index (χ0) is 13.7. The largest absolute Gasteiger partial charge is 0.444 e. The van der Waals surface area contributed by atoms with E-state index in [0.29, 0.717) is 24.6 Å². The van der Waals surface area contributed by atoms with E-state index in [9.17, 15) is 4.39 Å². The molecule has 0 fully saturated rings. The maximum absolute atomic E-state index is 13.0. The Morgan fingerprint density at radius 1 is 1.47 bits per heavy atom. The highest BCUT2D eigenvalue weighted by Crippen LogP contribution is 2.27. The van der Waals surface area contributed by atoms with Crippen LogP contribution in [0.25, 0.3) is 11.5 Å². The number of ether oxygens (including phenoxy) is 1. The Hall–Kier alpha value is -1.43. The van der Waals surface area contributed by atoms with Crippen LogP contribution in [-0.2, 0) is 11.3 Å². The lowest BCUT2D eigenvalue weighted by atomic mass is 10.2. The lowest BCUT2D eigenvalue weighted by Crippen LogP contribution is -2.18. The smallest absolute Gasteiger partial charge is 0.227 e. The Morgan fingerprint density at radius 3 is 3.05 bits per heavy atom. The first-order chi connectivity index (χ1) is 9.20. The summed E-state index contributed by atoms with van der Waals surface area (Å²) in [6.07, 6.45) is 1.55. The van der Waals surface area contributed by atoms with E-state index in [0.717, 1.165) is 12.2 Å². The molecular weight excluding hydrogens is 271 g/mol. The van der Waals surface area contributed by atoms with E-state index in [1.54, 1.807) is 19.4 Å². The summed E-state index contributed by atoms with van der Waals surface area (Å²) < 4.78 is 23.2. The van der Waals surface area contributed by atoms with Gasteiger partial charge in [0.25, 0.3) is 0 Å². The molecule has 6 heteroatoms. The Balaban J connectivity index is 2.04. The molecule has 0 unspecified atom stereocenters. The molecule has 1 aromatic heterocycles. The van der Waals surface area contributed by atoms with Crippen LogP contribution in [0.1, 0.15) is 5.69 Å². The van der Waals surface area contributed by atoms with Gasteiger partial charge in [0.05, 0.1) is 22.9 Å². The molecule has 1 aromatic carbocycles. The lowest BCUT2D eigenvalue weighted by Gasteiger charge is -2.00. The fourth-order valence-electron chi connectivity index (χ4n) is 1.57. The van der Waals surface area contributed by atoms with Crippen molar-refractivity contribution in [2.45, 2.75) is 6.54 Å². The van der Waals surface area contributed by atoms with Crippen LogP contribution in [0.5, 0.6) is 0 Å². The molecule has 0 radical (unpaired) electrons. The molecule has 0 spiro atoms. The number of hydrogen-bond acceptors (Lipinski definition) is 4. The van der Waals surface area contributed by atoms with E-state index >= 15 is 0 Å². The summed E-state index contributed by atoms with van der Waals surface area (Å²) in [7, 11) is 1.65. The molecule has 0 bridgehead atoms. The summed E-state index contributed by atoms with van der Waals surface area (Å²) >= 11 is 5.95. The number of hydrogen-bond donors (Lipinski definition) is 1. The summed E-state index contributed by atoms with van der Waals surface area (Å²) in [5.74, 6) is -0.00435. The highest BCUT2D eigenvalue weighted by molar-refractivity contribution is 6.33. The monoisotopic (exact) mass is 284 g/mol. The summed E-state index contributed by atoms with van der Waals surface area (Å²) in [4.78, 5) is 4.29. The van der Waals surface area contributed by atoms with E-state index in [2.05, 4.69) is 10.3 Å². The molecule has 0 saturated carbocycles. The third-order valence-corrected chi connectivity index (χ3v) is 2.82. The first-order valence-corrected chi connectivity index (χ1v) is 6.18. The quantitative estimate of drug-likeness (QED) is 0.829. The summed E-state index contributed by atoms with van der Waals surface area (Å²) in [6.45, 7) is 1.94. The number of oxazole rings is 1. The molecule has 0 atom stereocenters. The average molecular weight is 285 g/mol. The Morgan fingerprint density at radius 2 is 2.32 bits per heavy atom. The number of benzene rings is 1. The average Bonchev–Trinajstić information content (AvgIpc) is 2.83. The highest BCUT2D eigenvalue weighted by atomic mass is 35.5. The van der Waals surface area contributed by atoms with Gasteiger partial charge in [-0.3, -0.25) is 0 Å². The van der Waals surface area contributed by atoms with Crippen molar-refractivity contribution in [3.63, 3.8) is 0 Å². The van der Waals surface area contributed by atoms with Crippen molar-refractivity contribution in [2.24, 2.45) is 0 Å². The second-order valence-corrected chi connectivity index (χ2v) is 4.34. The third kappa shape index (κ3) is 3.76. The first kappa shape index (κ1) is 14.0. The second-order valence-electron chi connectivity index (χ2n) is 3.94. The minimum absolute atomic E-state index is 0.278. The van der Waals surface area contributed by atoms with Gasteiger partial charge in [-0.2, -0.15) is 0 Å². The van der Waals surface area contributed by atoms with Gasteiger partial charge in [-0.05, 0) is 18.2 Å². The van der Waals surface area contributed by atoms with Crippen molar-refractivity contribution >= 4 is 11.6 Å². The molecule has 4 nitrogen and oxygen atoms in total. The van der Waals surface area contributed by atoms with E-state index < -0.39 is 0 Å². The predicted molar refractivity (Wildman–Crippen MR) is 70.5 cm³/mol. The molecule has 0 saturated heterocycles. The van der Waals surface area contributed by atoms with Gasteiger partial charge in [0.1, 0.15) is 12.1 Å². The normalized spacial score (nSPS) is 10.9. The van der Waals surface area contributed by atoms with Gasteiger partial charge in [0, 0.05) is 20.2 Å². The number of halogens is 2. The Kier molecular flexibility index (Phi) is 4.90. The van der Waals surface area contributed by atoms with Crippen LogP contribution < -0.4 is 5.32 Å². The molecule has 0 aliphatic heterocycles. The Bertz CT molecular complexity index is 545. The molecular formula is C13H14ClFN2O2. The molecule has 0 aliphatic rings. The molecule has 0 aliphatic carbocycles. The summed E-state index contributed by atoms with van der Waals surface area (Å²) in [6, 6.07) is 4.10. The molecule has 19 heavy (non-hydrogen) atoms. The van der Waals surface area contributed by atoms with Crippen molar-refractivity contribution < 1.29 is 13.5 Å². The summed E-state index contributed by atoms with van der Waals surface area (Å²) in [5, 5.41) is 3.43. The topological polar surface area (TPSA) is 47.3 Å². The maximum atomic E-state index is 13.0. The van der Waals surface area contributed by atoms with Crippen LogP contribution in [0.4, 0.5) is 4.39 Å². The van der Waals surface area contributed by atoms with Gasteiger partial charge in [-0.1, -0.05) is 11.6 Å². The Labute approximate surface area is 115 Å². The molecule has 0 amide bonds.